The number of methoxy groups -OCH3 is 1. The summed E-state index contributed by atoms with van der Waals surface area (Å²) in [6.07, 6.45) is 1.25. The van der Waals surface area contributed by atoms with Gasteiger partial charge in [0.2, 0.25) is 13.6 Å². The highest BCUT2D eigenvalue weighted by Crippen LogP contribution is 2.40. The van der Waals surface area contributed by atoms with Crippen molar-refractivity contribution >= 4 is 12.6 Å². The van der Waals surface area contributed by atoms with Crippen LogP contribution < -0.4 is 23.7 Å². The van der Waals surface area contributed by atoms with Gasteiger partial charge in [-0.2, -0.15) is 0 Å². The van der Waals surface area contributed by atoms with Gasteiger partial charge in [-0.1, -0.05) is 0 Å². The molecule has 0 unspecified atom stereocenters. The molecule has 0 saturated carbocycles. The fourth-order valence-electron chi connectivity index (χ4n) is 2.36. The van der Waals surface area contributed by atoms with E-state index in [4.69, 9.17) is 23.7 Å². The van der Waals surface area contributed by atoms with Crippen LogP contribution in [0.5, 0.6) is 34.5 Å². The summed E-state index contributed by atoms with van der Waals surface area (Å²) in [7, 11) is 1.50. The van der Waals surface area contributed by atoms with Crippen LogP contribution in [0.15, 0.2) is 24.3 Å². The zero-order valence-electron chi connectivity index (χ0n) is 13.2. The van der Waals surface area contributed by atoms with E-state index in [1.165, 1.54) is 13.2 Å². The summed E-state index contributed by atoms with van der Waals surface area (Å²) in [6, 6.07) is 6.35. The number of hydrogen-bond acceptors (Lipinski definition) is 8. The molecule has 0 aliphatic carbocycles. The van der Waals surface area contributed by atoms with Crippen LogP contribution in [0.25, 0.3) is 0 Å². The highest BCUT2D eigenvalue weighted by atomic mass is 16.7. The molecule has 4 rings (SSSR count). The minimum Gasteiger partial charge on any atom is -0.507 e. The van der Waals surface area contributed by atoms with E-state index in [9.17, 15) is 14.7 Å². The van der Waals surface area contributed by atoms with Crippen molar-refractivity contribution in [3.05, 3.63) is 35.4 Å². The van der Waals surface area contributed by atoms with Crippen LogP contribution >= 0.6 is 0 Å². The number of fused-ring (bicyclic) bond motifs is 2. The maximum absolute atomic E-state index is 10.7. The van der Waals surface area contributed by atoms with Crippen molar-refractivity contribution in [1.82, 2.24) is 0 Å². The fraction of sp³-hybridized carbons (Fsp3) is 0.176. The Labute approximate surface area is 142 Å². The van der Waals surface area contributed by atoms with Gasteiger partial charge < -0.3 is 28.8 Å². The van der Waals surface area contributed by atoms with Gasteiger partial charge in [-0.3, -0.25) is 9.59 Å². The molecule has 2 aromatic rings. The quantitative estimate of drug-likeness (QED) is 0.844. The first-order chi connectivity index (χ1) is 12.2. The number of carbonyl (C=O) groups excluding carboxylic acids is 2. The monoisotopic (exact) mass is 346 g/mol. The predicted octanol–water partition coefficient (Wildman–Crippen LogP) is 2.17. The first-order valence-electron chi connectivity index (χ1n) is 7.18. The molecule has 0 aromatic heterocycles. The summed E-state index contributed by atoms with van der Waals surface area (Å²) in [5, 5.41) is 9.21. The van der Waals surface area contributed by atoms with Crippen LogP contribution in [-0.4, -0.2) is 38.4 Å². The molecule has 2 aromatic carbocycles. The number of carbonyl (C=O) groups is 2. The van der Waals surface area contributed by atoms with Gasteiger partial charge in [0.05, 0.1) is 7.11 Å². The standard InChI is InChI=1S/C9H8O4.C8H6O4/c1-11-7-2-3-8-9(6(7)4-10)13-5-12-8;9-3-5-6(10)1-2-7-8(5)12-4-11-7/h2-4H,5H2,1H3;1-3,10H,4H2. The van der Waals surface area contributed by atoms with Crippen molar-refractivity contribution in [2.45, 2.75) is 0 Å². The third kappa shape index (κ3) is 3.01. The molecule has 130 valence electrons. The summed E-state index contributed by atoms with van der Waals surface area (Å²) in [5.74, 6) is 2.28. The summed E-state index contributed by atoms with van der Waals surface area (Å²) in [6.45, 7) is 0.253. The number of rotatable bonds is 3. The van der Waals surface area contributed by atoms with E-state index in [1.54, 1.807) is 18.2 Å². The molecule has 8 heteroatoms. The van der Waals surface area contributed by atoms with E-state index in [0.29, 0.717) is 46.9 Å². The first-order valence-corrected chi connectivity index (χ1v) is 7.18. The second-order valence-corrected chi connectivity index (χ2v) is 4.88. The van der Waals surface area contributed by atoms with Gasteiger partial charge in [-0.05, 0) is 24.3 Å². The van der Waals surface area contributed by atoms with Crippen LogP contribution in [-0.2, 0) is 0 Å². The maximum Gasteiger partial charge on any atom is 0.231 e. The Morgan fingerprint density at radius 3 is 2.00 bits per heavy atom. The zero-order valence-corrected chi connectivity index (χ0v) is 13.2. The molecule has 8 nitrogen and oxygen atoms in total. The zero-order chi connectivity index (χ0) is 17.8. The molecule has 0 spiro atoms. The van der Waals surface area contributed by atoms with Gasteiger partial charge in [0.1, 0.15) is 22.6 Å². The number of hydrogen-bond donors (Lipinski definition) is 1. The number of ether oxygens (including phenoxy) is 5. The summed E-state index contributed by atoms with van der Waals surface area (Å²) < 4.78 is 25.2. The van der Waals surface area contributed by atoms with E-state index < -0.39 is 0 Å². The van der Waals surface area contributed by atoms with Gasteiger partial charge in [-0.15, -0.1) is 0 Å². The number of phenols is 1. The predicted molar refractivity (Wildman–Crippen MR) is 84.1 cm³/mol. The van der Waals surface area contributed by atoms with E-state index in [-0.39, 0.29) is 24.9 Å². The van der Waals surface area contributed by atoms with Gasteiger partial charge in [-0.25, -0.2) is 0 Å². The van der Waals surface area contributed by atoms with Crippen molar-refractivity contribution in [2.24, 2.45) is 0 Å². The maximum atomic E-state index is 10.7. The molecule has 2 aliphatic rings. The third-order valence-corrected chi connectivity index (χ3v) is 3.55. The van der Waals surface area contributed by atoms with Crippen molar-refractivity contribution in [3.63, 3.8) is 0 Å². The average molecular weight is 346 g/mol. The number of benzene rings is 2. The van der Waals surface area contributed by atoms with Crippen molar-refractivity contribution < 1.29 is 38.4 Å². The van der Waals surface area contributed by atoms with E-state index in [0.717, 1.165) is 0 Å². The molecule has 2 aliphatic heterocycles. The van der Waals surface area contributed by atoms with Gasteiger partial charge >= 0.3 is 0 Å². The summed E-state index contributed by atoms with van der Waals surface area (Å²) in [4.78, 5) is 21.2. The van der Waals surface area contributed by atoms with Gasteiger partial charge in [0.25, 0.3) is 0 Å². The van der Waals surface area contributed by atoms with Gasteiger partial charge in [0, 0.05) is 0 Å². The molecule has 1 N–H and O–H groups in total. The smallest absolute Gasteiger partial charge is 0.231 e. The van der Waals surface area contributed by atoms with E-state index in [2.05, 4.69) is 0 Å². The Kier molecular flexibility index (Phi) is 4.60. The van der Waals surface area contributed by atoms with Crippen LogP contribution in [0.4, 0.5) is 0 Å². The molecule has 0 atom stereocenters. The largest absolute Gasteiger partial charge is 0.507 e. The second-order valence-electron chi connectivity index (χ2n) is 4.88. The average Bonchev–Trinajstić information content (AvgIpc) is 3.30. The highest BCUT2D eigenvalue weighted by Gasteiger charge is 2.21. The summed E-state index contributed by atoms with van der Waals surface area (Å²) >= 11 is 0. The molecule has 2 heterocycles. The lowest BCUT2D eigenvalue weighted by molar-refractivity contribution is 0.110. The van der Waals surface area contributed by atoms with E-state index in [1.807, 2.05) is 0 Å². The van der Waals surface area contributed by atoms with Crippen LogP contribution in [0.1, 0.15) is 20.7 Å². The molecular formula is C17H14O8. The SMILES string of the molecule is COc1ccc2c(c1C=O)OCO2.O=Cc1c(O)ccc2c1OCO2. The topological polar surface area (TPSA) is 101 Å². The Morgan fingerprint density at radius 1 is 0.880 bits per heavy atom. The normalized spacial score (nSPS) is 12.8. The highest BCUT2D eigenvalue weighted by molar-refractivity contribution is 5.86. The van der Waals surface area contributed by atoms with Crippen molar-refractivity contribution in [2.75, 3.05) is 20.7 Å². The van der Waals surface area contributed by atoms with Crippen molar-refractivity contribution in [1.29, 1.82) is 0 Å². The van der Waals surface area contributed by atoms with E-state index >= 15 is 0 Å². The third-order valence-electron chi connectivity index (χ3n) is 3.55. The van der Waals surface area contributed by atoms with Gasteiger partial charge in [0.15, 0.2) is 35.6 Å². The van der Waals surface area contributed by atoms with Crippen LogP contribution in [0, 0.1) is 0 Å². The molecule has 0 saturated heterocycles. The second kappa shape index (κ2) is 7.00. The van der Waals surface area contributed by atoms with Crippen LogP contribution in [0.2, 0.25) is 0 Å². The fourth-order valence-corrected chi connectivity index (χ4v) is 2.36. The molecule has 25 heavy (non-hydrogen) atoms. The molecule has 0 amide bonds. The minimum atomic E-state index is -0.0887. The number of phenolic OH excluding ortho intramolecular Hbond substituents is 1. The lowest BCUT2D eigenvalue weighted by Crippen LogP contribution is -1.95. The van der Waals surface area contributed by atoms with Crippen molar-refractivity contribution in [3.8, 4) is 34.5 Å². The Bertz CT molecular complexity index is 815. The molecular weight excluding hydrogens is 332 g/mol. The summed E-state index contributed by atoms with van der Waals surface area (Å²) in [5.41, 5.74) is 0.544. The Morgan fingerprint density at radius 2 is 1.44 bits per heavy atom. The minimum absolute atomic E-state index is 0.0887. The Hall–Kier alpha value is -3.42. The lowest BCUT2D eigenvalue weighted by Gasteiger charge is -2.05. The molecule has 0 bridgehead atoms. The lowest BCUT2D eigenvalue weighted by atomic mass is 10.2. The Balaban J connectivity index is 0.000000146. The number of aldehydes is 2. The number of aromatic hydroxyl groups is 1. The first kappa shape index (κ1) is 16.4. The molecule has 0 fully saturated rings. The molecule has 0 radical (unpaired) electrons. The van der Waals surface area contributed by atoms with Crippen LogP contribution in [0.3, 0.4) is 0 Å².